The van der Waals surface area contributed by atoms with Gasteiger partial charge in [0.15, 0.2) is 0 Å². The lowest BCUT2D eigenvalue weighted by Crippen LogP contribution is -2.29. The second-order valence-corrected chi connectivity index (χ2v) is 6.86. The summed E-state index contributed by atoms with van der Waals surface area (Å²) in [5.41, 5.74) is 6.34. The number of nitrogens with one attached hydrogen (secondary N) is 1. The van der Waals surface area contributed by atoms with Crippen molar-refractivity contribution in [2.24, 2.45) is 5.92 Å². The minimum absolute atomic E-state index is 0.715. The Morgan fingerprint density at radius 1 is 1.19 bits per heavy atom. The summed E-state index contributed by atoms with van der Waals surface area (Å²) in [6.07, 6.45) is 11.1. The number of allylic oxidation sites excluding steroid dienone is 1. The summed E-state index contributed by atoms with van der Waals surface area (Å²) in [6, 6.07) is 5.05. The molecule has 1 nitrogen and oxygen atoms in total. The van der Waals surface area contributed by atoms with E-state index in [2.05, 4.69) is 37.0 Å². The summed E-state index contributed by atoms with van der Waals surface area (Å²) < 4.78 is 0. The van der Waals surface area contributed by atoms with Gasteiger partial charge in [0.05, 0.1) is 0 Å². The van der Waals surface area contributed by atoms with Gasteiger partial charge in [0.1, 0.15) is 0 Å². The fraction of sp³-hybridized carbons (Fsp3) is 0.600. The molecule has 1 heterocycles. The second kappa shape index (κ2) is 6.79. The highest BCUT2D eigenvalue weighted by molar-refractivity contribution is 5.42. The van der Waals surface area contributed by atoms with Crippen LogP contribution in [-0.4, -0.2) is 13.1 Å². The van der Waals surface area contributed by atoms with E-state index < -0.39 is 0 Å². The van der Waals surface area contributed by atoms with Crippen LogP contribution in [0.2, 0.25) is 0 Å². The molecular formula is C20H29N. The van der Waals surface area contributed by atoms with E-state index in [0.717, 1.165) is 25.3 Å². The molecule has 1 saturated heterocycles. The van der Waals surface area contributed by atoms with E-state index in [1.54, 1.807) is 16.7 Å². The first-order valence-electron chi connectivity index (χ1n) is 8.78. The van der Waals surface area contributed by atoms with E-state index in [-0.39, 0.29) is 0 Å². The Labute approximate surface area is 129 Å². The molecule has 21 heavy (non-hydrogen) atoms. The zero-order valence-electron chi connectivity index (χ0n) is 13.5. The molecule has 1 aliphatic heterocycles. The smallest absolute Gasteiger partial charge is 0.00202 e. The second-order valence-electron chi connectivity index (χ2n) is 6.86. The molecule has 2 aliphatic rings. The molecule has 1 aromatic carbocycles. The van der Waals surface area contributed by atoms with Crippen LogP contribution in [0.25, 0.3) is 0 Å². The third-order valence-electron chi connectivity index (χ3n) is 5.15. The molecular weight excluding hydrogens is 254 g/mol. The number of rotatable bonds is 6. The van der Waals surface area contributed by atoms with Crippen molar-refractivity contribution in [3.63, 3.8) is 0 Å². The van der Waals surface area contributed by atoms with Crippen molar-refractivity contribution in [2.75, 3.05) is 13.1 Å². The van der Waals surface area contributed by atoms with Gasteiger partial charge in [0.2, 0.25) is 0 Å². The number of hydrogen-bond donors (Lipinski definition) is 1. The minimum atomic E-state index is 0.715. The van der Waals surface area contributed by atoms with Crippen molar-refractivity contribution < 1.29 is 0 Å². The molecule has 3 rings (SSSR count). The van der Waals surface area contributed by atoms with Crippen molar-refractivity contribution >= 4 is 0 Å². The van der Waals surface area contributed by atoms with Crippen LogP contribution in [0, 0.1) is 5.92 Å². The van der Waals surface area contributed by atoms with Crippen molar-refractivity contribution in [1.29, 1.82) is 0 Å². The van der Waals surface area contributed by atoms with Gasteiger partial charge in [-0.25, -0.2) is 0 Å². The largest absolute Gasteiger partial charge is 0.316 e. The summed E-state index contributed by atoms with van der Waals surface area (Å²) in [5, 5.41) is 3.57. The van der Waals surface area contributed by atoms with Gasteiger partial charge in [-0.3, -0.25) is 0 Å². The number of benzene rings is 1. The predicted molar refractivity (Wildman–Crippen MR) is 91.0 cm³/mol. The van der Waals surface area contributed by atoms with E-state index in [1.165, 1.54) is 44.2 Å². The molecule has 1 aromatic rings. The minimum Gasteiger partial charge on any atom is -0.316 e. The van der Waals surface area contributed by atoms with Crippen LogP contribution in [0.3, 0.4) is 0 Å². The third-order valence-corrected chi connectivity index (χ3v) is 5.15. The zero-order valence-corrected chi connectivity index (χ0v) is 13.5. The summed E-state index contributed by atoms with van der Waals surface area (Å²) in [4.78, 5) is 0. The van der Waals surface area contributed by atoms with Crippen molar-refractivity contribution in [3.8, 4) is 0 Å². The van der Waals surface area contributed by atoms with Crippen LogP contribution < -0.4 is 5.32 Å². The average molecular weight is 283 g/mol. The first-order chi connectivity index (χ1) is 10.3. The van der Waals surface area contributed by atoms with E-state index in [1.807, 2.05) is 0 Å². The van der Waals surface area contributed by atoms with Crippen LogP contribution in [0.15, 0.2) is 24.8 Å². The molecule has 0 radical (unpaired) electrons. The Morgan fingerprint density at radius 3 is 2.67 bits per heavy atom. The molecule has 1 N–H and O–H groups in total. The lowest BCUT2D eigenvalue weighted by atomic mass is 9.83. The topological polar surface area (TPSA) is 12.0 Å². The van der Waals surface area contributed by atoms with Gasteiger partial charge in [-0.15, -0.1) is 6.58 Å². The van der Waals surface area contributed by atoms with Gasteiger partial charge in [-0.1, -0.05) is 25.1 Å². The maximum atomic E-state index is 3.96. The molecule has 1 saturated carbocycles. The van der Waals surface area contributed by atoms with Crippen molar-refractivity contribution in [3.05, 3.63) is 47.0 Å². The highest BCUT2D eigenvalue weighted by Crippen LogP contribution is 2.36. The van der Waals surface area contributed by atoms with Gasteiger partial charge in [0, 0.05) is 6.54 Å². The van der Waals surface area contributed by atoms with Gasteiger partial charge in [-0.05, 0) is 85.6 Å². The normalized spacial score (nSPS) is 22.2. The van der Waals surface area contributed by atoms with Gasteiger partial charge < -0.3 is 5.32 Å². The molecule has 0 aromatic heterocycles. The molecule has 0 amide bonds. The lowest BCUT2D eigenvalue weighted by Gasteiger charge is -2.26. The average Bonchev–Trinajstić information content (AvgIpc) is 3.33. The number of hydrogen-bond acceptors (Lipinski definition) is 1. The van der Waals surface area contributed by atoms with Gasteiger partial charge >= 0.3 is 0 Å². The van der Waals surface area contributed by atoms with Gasteiger partial charge in [-0.2, -0.15) is 0 Å². The number of aryl methyl sites for hydroxylation is 1. The third kappa shape index (κ3) is 3.58. The van der Waals surface area contributed by atoms with Crippen LogP contribution in [0.1, 0.15) is 60.8 Å². The van der Waals surface area contributed by atoms with Crippen LogP contribution in [0.4, 0.5) is 0 Å². The van der Waals surface area contributed by atoms with E-state index in [4.69, 9.17) is 0 Å². The first-order valence-corrected chi connectivity index (χ1v) is 8.78. The van der Waals surface area contributed by atoms with Crippen LogP contribution >= 0.6 is 0 Å². The van der Waals surface area contributed by atoms with E-state index in [0.29, 0.717) is 5.92 Å². The fourth-order valence-corrected chi connectivity index (χ4v) is 3.73. The molecule has 0 bridgehead atoms. The molecule has 2 fully saturated rings. The van der Waals surface area contributed by atoms with Crippen LogP contribution in [0.5, 0.6) is 0 Å². The summed E-state index contributed by atoms with van der Waals surface area (Å²) in [7, 11) is 0. The monoisotopic (exact) mass is 283 g/mol. The molecule has 0 spiro atoms. The maximum Gasteiger partial charge on any atom is 0.00202 e. The zero-order chi connectivity index (χ0) is 14.7. The summed E-state index contributed by atoms with van der Waals surface area (Å²) in [6.45, 7) is 8.62. The van der Waals surface area contributed by atoms with Crippen molar-refractivity contribution in [2.45, 2.75) is 57.8 Å². The Morgan fingerprint density at radius 2 is 2.05 bits per heavy atom. The van der Waals surface area contributed by atoms with Crippen LogP contribution in [-0.2, 0) is 19.3 Å². The summed E-state index contributed by atoms with van der Waals surface area (Å²) >= 11 is 0. The number of piperidine rings is 1. The maximum absolute atomic E-state index is 3.96. The van der Waals surface area contributed by atoms with Gasteiger partial charge in [0.25, 0.3) is 0 Å². The fourth-order valence-electron chi connectivity index (χ4n) is 3.73. The highest BCUT2D eigenvalue weighted by atomic mass is 14.9. The standard InChI is InChI=1S/C20H29N/c1-3-6-17-13-20(18-7-5-10-21-14-18)16(4-2)12-19(17)11-15-8-9-15/h3,12-13,15,18,21H,1,4-11,14H2,2H3. The predicted octanol–water partition coefficient (Wildman–Crippen LogP) is 4.40. The Kier molecular flexibility index (Phi) is 4.80. The highest BCUT2D eigenvalue weighted by Gasteiger charge is 2.24. The van der Waals surface area contributed by atoms with Crippen molar-refractivity contribution in [1.82, 2.24) is 5.32 Å². The Balaban J connectivity index is 1.93. The molecule has 1 aliphatic carbocycles. The first kappa shape index (κ1) is 14.8. The van der Waals surface area contributed by atoms with E-state index >= 15 is 0 Å². The van der Waals surface area contributed by atoms with E-state index in [9.17, 15) is 0 Å². The molecule has 1 unspecified atom stereocenters. The molecule has 1 heteroatoms. The molecule has 1 atom stereocenters. The Hall–Kier alpha value is -1.08. The Bertz CT molecular complexity index is 493. The SMILES string of the molecule is C=CCc1cc(C2CCCNC2)c(CC)cc1CC1CC1. The quantitative estimate of drug-likeness (QED) is 0.763. The lowest BCUT2D eigenvalue weighted by molar-refractivity contribution is 0.459. The molecule has 114 valence electrons. The summed E-state index contributed by atoms with van der Waals surface area (Å²) in [5.74, 6) is 1.67.